The molecule has 0 radical (unpaired) electrons. The van der Waals surface area contributed by atoms with Crippen LogP contribution in [0, 0.1) is 22.0 Å². The molecule has 4 unspecified atom stereocenters. The Labute approximate surface area is 130 Å². The number of hydrogen-bond donors (Lipinski definition) is 0. The average molecular weight is 316 g/mol. The van der Waals surface area contributed by atoms with Gasteiger partial charge in [0, 0.05) is 12.1 Å². The Morgan fingerprint density at radius 1 is 1.09 bits per heavy atom. The van der Waals surface area contributed by atoms with Crippen molar-refractivity contribution in [2.75, 3.05) is 0 Å². The van der Waals surface area contributed by atoms with E-state index in [9.17, 15) is 19.7 Å². The molecule has 4 atom stereocenters. The van der Waals surface area contributed by atoms with Gasteiger partial charge < -0.3 is 4.74 Å². The van der Waals surface area contributed by atoms with Crippen molar-refractivity contribution in [3.05, 3.63) is 52.1 Å². The van der Waals surface area contributed by atoms with Crippen LogP contribution in [0.25, 0.3) is 0 Å². The molecular formula is C15H12N2O6. The number of imide groups is 1. The Bertz CT molecular complexity index is 698. The Morgan fingerprint density at radius 2 is 1.65 bits per heavy atom. The molecule has 2 fully saturated rings. The van der Waals surface area contributed by atoms with Crippen molar-refractivity contribution >= 4 is 17.5 Å². The van der Waals surface area contributed by atoms with E-state index in [2.05, 4.69) is 0 Å². The van der Waals surface area contributed by atoms with Crippen LogP contribution in [0.2, 0.25) is 0 Å². The minimum absolute atomic E-state index is 0.0153. The summed E-state index contributed by atoms with van der Waals surface area (Å²) in [5.74, 6) is -1.79. The molecule has 3 aliphatic rings. The lowest BCUT2D eigenvalue weighted by Gasteiger charge is -2.16. The van der Waals surface area contributed by atoms with Crippen LogP contribution in [0.3, 0.4) is 0 Å². The van der Waals surface area contributed by atoms with Gasteiger partial charge in [-0.15, -0.1) is 0 Å². The van der Waals surface area contributed by atoms with Gasteiger partial charge in [0.1, 0.15) is 6.61 Å². The normalized spacial score (nSPS) is 31.0. The van der Waals surface area contributed by atoms with Crippen molar-refractivity contribution in [3.8, 4) is 0 Å². The molecule has 1 aromatic rings. The van der Waals surface area contributed by atoms with E-state index in [0.717, 1.165) is 5.06 Å². The highest BCUT2D eigenvalue weighted by Gasteiger charge is 2.61. The third kappa shape index (κ3) is 2.07. The van der Waals surface area contributed by atoms with Gasteiger partial charge in [-0.1, -0.05) is 12.2 Å². The lowest BCUT2D eigenvalue weighted by Crippen LogP contribution is -2.34. The SMILES string of the molecule is O=C1C2C3C=CC(O3)C2C(=O)N1OCc1ccc([N+](=O)[O-])cc1. The molecule has 2 amide bonds. The van der Waals surface area contributed by atoms with Gasteiger partial charge in [-0.25, -0.2) is 0 Å². The monoisotopic (exact) mass is 316 g/mol. The number of non-ortho nitro benzene ring substituents is 1. The Kier molecular flexibility index (Phi) is 3.03. The number of ether oxygens (including phenoxy) is 1. The van der Waals surface area contributed by atoms with E-state index in [4.69, 9.17) is 9.57 Å². The summed E-state index contributed by atoms with van der Waals surface area (Å²) in [4.78, 5) is 40.1. The minimum atomic E-state index is -0.505. The van der Waals surface area contributed by atoms with Gasteiger partial charge in [-0.3, -0.25) is 24.5 Å². The molecule has 2 bridgehead atoms. The fourth-order valence-corrected chi connectivity index (χ4v) is 3.26. The highest BCUT2D eigenvalue weighted by atomic mass is 16.7. The van der Waals surface area contributed by atoms with Crippen LogP contribution in [0.1, 0.15) is 5.56 Å². The Morgan fingerprint density at radius 3 is 2.17 bits per heavy atom. The van der Waals surface area contributed by atoms with Gasteiger partial charge in [0.15, 0.2) is 0 Å². The first-order chi connectivity index (χ1) is 11.1. The second kappa shape index (κ2) is 4.97. The number of fused-ring (bicyclic) bond motifs is 5. The first-order valence-electron chi connectivity index (χ1n) is 7.14. The Hall–Kier alpha value is -2.58. The van der Waals surface area contributed by atoms with E-state index in [1.54, 1.807) is 12.2 Å². The number of amides is 2. The zero-order valence-electron chi connectivity index (χ0n) is 11.8. The molecule has 0 spiro atoms. The summed E-state index contributed by atoms with van der Waals surface area (Å²) >= 11 is 0. The van der Waals surface area contributed by atoms with Crippen LogP contribution in [0.5, 0.6) is 0 Å². The van der Waals surface area contributed by atoms with E-state index < -0.39 is 28.6 Å². The molecule has 0 aromatic heterocycles. The van der Waals surface area contributed by atoms with Gasteiger partial charge in [0.25, 0.3) is 17.5 Å². The first kappa shape index (κ1) is 14.0. The van der Waals surface area contributed by atoms with E-state index in [1.165, 1.54) is 24.3 Å². The van der Waals surface area contributed by atoms with Crippen LogP contribution < -0.4 is 0 Å². The van der Waals surface area contributed by atoms with Gasteiger partial charge in [0.05, 0.1) is 29.0 Å². The van der Waals surface area contributed by atoms with Crippen molar-refractivity contribution in [1.29, 1.82) is 0 Å². The van der Waals surface area contributed by atoms with Crippen LogP contribution >= 0.6 is 0 Å². The number of benzene rings is 1. The van der Waals surface area contributed by atoms with Crippen LogP contribution in [0.15, 0.2) is 36.4 Å². The molecule has 8 heteroatoms. The van der Waals surface area contributed by atoms with E-state index in [-0.39, 0.29) is 24.5 Å². The van der Waals surface area contributed by atoms with E-state index in [1.807, 2.05) is 0 Å². The molecular weight excluding hydrogens is 304 g/mol. The number of hydrogen-bond acceptors (Lipinski definition) is 6. The average Bonchev–Trinajstić information content (AvgIpc) is 3.21. The fraction of sp³-hybridized carbons (Fsp3) is 0.333. The summed E-state index contributed by atoms with van der Waals surface area (Å²) in [5, 5.41) is 11.4. The maximum Gasteiger partial charge on any atom is 0.269 e. The summed E-state index contributed by atoms with van der Waals surface area (Å²) in [6, 6.07) is 5.74. The molecule has 8 nitrogen and oxygen atoms in total. The van der Waals surface area contributed by atoms with Crippen molar-refractivity contribution in [1.82, 2.24) is 5.06 Å². The zero-order chi connectivity index (χ0) is 16.1. The van der Waals surface area contributed by atoms with Crippen LogP contribution in [0.4, 0.5) is 5.69 Å². The Balaban J connectivity index is 1.45. The molecule has 23 heavy (non-hydrogen) atoms. The number of rotatable bonds is 4. The number of nitrogens with zero attached hydrogens (tertiary/aromatic N) is 2. The molecule has 3 heterocycles. The predicted molar refractivity (Wildman–Crippen MR) is 74.5 cm³/mol. The smallest absolute Gasteiger partial charge is 0.269 e. The quantitative estimate of drug-likeness (QED) is 0.355. The molecule has 0 aliphatic carbocycles. The number of nitro groups is 1. The highest BCUT2D eigenvalue weighted by molar-refractivity contribution is 6.05. The molecule has 1 aromatic carbocycles. The van der Waals surface area contributed by atoms with E-state index in [0.29, 0.717) is 5.56 Å². The minimum Gasteiger partial charge on any atom is -0.365 e. The highest BCUT2D eigenvalue weighted by Crippen LogP contribution is 2.45. The number of nitro benzene ring substituents is 1. The summed E-state index contributed by atoms with van der Waals surface area (Å²) < 4.78 is 5.53. The zero-order valence-corrected chi connectivity index (χ0v) is 11.8. The lowest BCUT2D eigenvalue weighted by atomic mass is 9.85. The number of carbonyl (C=O) groups is 2. The topological polar surface area (TPSA) is 99.0 Å². The van der Waals surface area contributed by atoms with Gasteiger partial charge in [0.2, 0.25) is 0 Å². The fourth-order valence-electron chi connectivity index (χ4n) is 3.26. The third-order valence-corrected chi connectivity index (χ3v) is 4.38. The molecule has 0 N–H and O–H groups in total. The predicted octanol–water partition coefficient (Wildman–Crippen LogP) is 0.965. The van der Waals surface area contributed by atoms with Crippen molar-refractivity contribution in [2.24, 2.45) is 11.8 Å². The van der Waals surface area contributed by atoms with Crippen molar-refractivity contribution in [3.63, 3.8) is 0 Å². The molecule has 3 aliphatic heterocycles. The number of hydroxylamine groups is 2. The lowest BCUT2D eigenvalue weighted by molar-refractivity contribution is -0.384. The van der Waals surface area contributed by atoms with Crippen LogP contribution in [-0.2, 0) is 25.8 Å². The largest absolute Gasteiger partial charge is 0.365 e. The summed E-state index contributed by atoms with van der Waals surface area (Å²) in [6.07, 6.45) is 2.90. The second-order valence-corrected chi connectivity index (χ2v) is 5.67. The summed E-state index contributed by atoms with van der Waals surface area (Å²) in [6.45, 7) is -0.0153. The van der Waals surface area contributed by atoms with Gasteiger partial charge in [-0.05, 0) is 17.7 Å². The van der Waals surface area contributed by atoms with Gasteiger partial charge in [-0.2, -0.15) is 5.06 Å². The van der Waals surface area contributed by atoms with Crippen LogP contribution in [-0.4, -0.2) is 34.0 Å². The van der Waals surface area contributed by atoms with Crippen molar-refractivity contribution < 1.29 is 24.1 Å². The molecule has 2 saturated heterocycles. The maximum atomic E-state index is 12.3. The number of carbonyl (C=O) groups excluding carboxylic acids is 2. The first-order valence-corrected chi connectivity index (χ1v) is 7.14. The molecule has 4 rings (SSSR count). The maximum absolute atomic E-state index is 12.3. The van der Waals surface area contributed by atoms with Crippen molar-refractivity contribution in [2.45, 2.75) is 18.8 Å². The van der Waals surface area contributed by atoms with E-state index >= 15 is 0 Å². The second-order valence-electron chi connectivity index (χ2n) is 5.67. The third-order valence-electron chi connectivity index (χ3n) is 4.38. The standard InChI is InChI=1S/C15H12N2O6/c18-14-12-10-5-6-11(23-10)13(12)15(19)16(14)22-7-8-1-3-9(4-2-8)17(20)21/h1-6,10-13H,7H2. The molecule has 118 valence electrons. The molecule has 0 saturated carbocycles. The summed E-state index contributed by atoms with van der Waals surface area (Å²) in [5.41, 5.74) is 0.599. The summed E-state index contributed by atoms with van der Waals surface area (Å²) in [7, 11) is 0. The van der Waals surface area contributed by atoms with Gasteiger partial charge >= 0.3 is 0 Å².